The Morgan fingerprint density at radius 3 is 2.92 bits per heavy atom. The van der Waals surface area contributed by atoms with Gasteiger partial charge in [0, 0.05) is 44.6 Å². The van der Waals surface area contributed by atoms with Gasteiger partial charge in [-0.3, -0.25) is 9.48 Å². The summed E-state index contributed by atoms with van der Waals surface area (Å²) in [6, 6.07) is 3.38. The van der Waals surface area contributed by atoms with Crippen molar-refractivity contribution < 1.29 is 9.53 Å². The maximum atomic E-state index is 12.1. The molecule has 0 radical (unpaired) electrons. The minimum atomic E-state index is -0.332. The van der Waals surface area contributed by atoms with Crippen LogP contribution in [0.25, 0.3) is 0 Å². The van der Waals surface area contributed by atoms with Gasteiger partial charge in [-0.1, -0.05) is 0 Å². The maximum absolute atomic E-state index is 12.1. The molecule has 1 saturated heterocycles. The topological polar surface area (TPSA) is 97.2 Å². The van der Waals surface area contributed by atoms with Gasteiger partial charge in [0.1, 0.15) is 24.0 Å². The zero-order valence-corrected chi connectivity index (χ0v) is 14.3. The standard InChI is InChI=1S/C16H23N7O2/c1-13(23-6-2-3-21-23)16(24)18-5-4-17-14-11-15(20-12-19-14)22-7-9-25-10-8-22/h2-3,6,11-13H,4-5,7-10H2,1H3,(H,18,24)(H,17,19,20). The van der Waals surface area contributed by atoms with Crippen molar-refractivity contribution in [1.29, 1.82) is 0 Å². The Hall–Kier alpha value is -2.68. The molecule has 2 aromatic heterocycles. The number of nitrogens with one attached hydrogen (secondary N) is 2. The molecular formula is C16H23N7O2. The number of nitrogens with zero attached hydrogens (tertiary/aromatic N) is 5. The van der Waals surface area contributed by atoms with Crippen LogP contribution in [0.3, 0.4) is 0 Å². The van der Waals surface area contributed by atoms with Crippen molar-refractivity contribution in [2.24, 2.45) is 0 Å². The SMILES string of the molecule is CC(C(=O)NCCNc1cc(N2CCOCC2)ncn1)n1cccn1. The van der Waals surface area contributed by atoms with Crippen LogP contribution in [-0.4, -0.2) is 65.0 Å². The highest BCUT2D eigenvalue weighted by Crippen LogP contribution is 2.15. The lowest BCUT2D eigenvalue weighted by atomic mass is 10.3. The fourth-order valence-electron chi connectivity index (χ4n) is 2.56. The van der Waals surface area contributed by atoms with E-state index >= 15 is 0 Å². The summed E-state index contributed by atoms with van der Waals surface area (Å²) >= 11 is 0. The van der Waals surface area contributed by atoms with Crippen molar-refractivity contribution in [2.45, 2.75) is 13.0 Å². The number of aromatic nitrogens is 4. The van der Waals surface area contributed by atoms with Gasteiger partial charge in [0.15, 0.2) is 0 Å². The van der Waals surface area contributed by atoms with Crippen LogP contribution >= 0.6 is 0 Å². The summed E-state index contributed by atoms with van der Waals surface area (Å²) in [7, 11) is 0. The summed E-state index contributed by atoms with van der Waals surface area (Å²) < 4.78 is 6.98. The van der Waals surface area contributed by atoms with E-state index in [0.29, 0.717) is 26.3 Å². The molecule has 0 aliphatic carbocycles. The number of carbonyl (C=O) groups excluding carboxylic acids is 1. The van der Waals surface area contributed by atoms with Gasteiger partial charge < -0.3 is 20.3 Å². The molecule has 9 heteroatoms. The number of anilines is 2. The van der Waals surface area contributed by atoms with Gasteiger partial charge in [0.25, 0.3) is 0 Å². The van der Waals surface area contributed by atoms with Gasteiger partial charge in [-0.25, -0.2) is 9.97 Å². The number of hydrogen-bond donors (Lipinski definition) is 2. The Morgan fingerprint density at radius 1 is 1.32 bits per heavy atom. The van der Waals surface area contributed by atoms with Gasteiger partial charge in [-0.05, 0) is 13.0 Å². The highest BCUT2D eigenvalue weighted by atomic mass is 16.5. The number of hydrogen-bond acceptors (Lipinski definition) is 7. The van der Waals surface area contributed by atoms with Crippen LogP contribution in [0.2, 0.25) is 0 Å². The van der Waals surface area contributed by atoms with Gasteiger partial charge in [-0.2, -0.15) is 5.10 Å². The third kappa shape index (κ3) is 4.66. The van der Waals surface area contributed by atoms with Crippen molar-refractivity contribution in [2.75, 3.05) is 49.6 Å². The van der Waals surface area contributed by atoms with E-state index in [1.165, 1.54) is 0 Å². The summed E-state index contributed by atoms with van der Waals surface area (Å²) in [4.78, 5) is 22.8. The number of carbonyl (C=O) groups is 1. The van der Waals surface area contributed by atoms with Crippen molar-refractivity contribution in [3.8, 4) is 0 Å². The monoisotopic (exact) mass is 345 g/mol. The first kappa shape index (κ1) is 17.2. The van der Waals surface area contributed by atoms with Crippen LogP contribution in [0.4, 0.5) is 11.6 Å². The summed E-state index contributed by atoms with van der Waals surface area (Å²) in [6.07, 6.45) is 4.98. The van der Waals surface area contributed by atoms with E-state index in [2.05, 4.69) is 30.6 Å². The van der Waals surface area contributed by atoms with Crippen molar-refractivity contribution >= 4 is 17.5 Å². The molecule has 1 atom stereocenters. The van der Waals surface area contributed by atoms with Crippen LogP contribution in [0, 0.1) is 0 Å². The average Bonchev–Trinajstić information content (AvgIpc) is 3.20. The summed E-state index contributed by atoms with van der Waals surface area (Å²) in [5, 5.41) is 10.2. The molecule has 0 bridgehead atoms. The van der Waals surface area contributed by atoms with Crippen molar-refractivity contribution in [3.63, 3.8) is 0 Å². The zero-order chi connectivity index (χ0) is 17.5. The molecule has 0 spiro atoms. The van der Waals surface area contributed by atoms with Crippen molar-refractivity contribution in [3.05, 3.63) is 30.9 Å². The molecule has 1 aliphatic heterocycles. The van der Waals surface area contributed by atoms with Crippen LogP contribution in [0.15, 0.2) is 30.9 Å². The van der Waals surface area contributed by atoms with E-state index in [1.54, 1.807) is 29.5 Å². The van der Waals surface area contributed by atoms with E-state index in [-0.39, 0.29) is 11.9 Å². The Balaban J connectivity index is 1.43. The highest BCUT2D eigenvalue weighted by molar-refractivity contribution is 5.79. The minimum absolute atomic E-state index is 0.0674. The predicted molar refractivity (Wildman–Crippen MR) is 93.5 cm³/mol. The molecule has 1 unspecified atom stereocenters. The van der Waals surface area contributed by atoms with Gasteiger partial charge >= 0.3 is 0 Å². The fraction of sp³-hybridized carbons (Fsp3) is 0.500. The highest BCUT2D eigenvalue weighted by Gasteiger charge is 2.14. The number of amides is 1. The number of rotatable bonds is 7. The first-order valence-corrected chi connectivity index (χ1v) is 8.39. The third-order valence-electron chi connectivity index (χ3n) is 4.02. The normalized spacial score (nSPS) is 15.6. The largest absolute Gasteiger partial charge is 0.378 e. The quantitative estimate of drug-likeness (QED) is 0.697. The van der Waals surface area contributed by atoms with Crippen molar-refractivity contribution in [1.82, 2.24) is 25.1 Å². The number of ether oxygens (including phenoxy) is 1. The zero-order valence-electron chi connectivity index (χ0n) is 14.3. The van der Waals surface area contributed by atoms with Crippen LogP contribution in [-0.2, 0) is 9.53 Å². The Morgan fingerprint density at radius 2 is 2.16 bits per heavy atom. The van der Waals surface area contributed by atoms with Gasteiger partial charge in [0.05, 0.1) is 13.2 Å². The summed E-state index contributed by atoms with van der Waals surface area (Å²) in [5.74, 6) is 1.56. The van der Waals surface area contributed by atoms with Crippen LogP contribution in [0.1, 0.15) is 13.0 Å². The Kier molecular flexibility index (Phi) is 5.78. The molecule has 0 saturated carbocycles. The lowest BCUT2D eigenvalue weighted by Crippen LogP contribution is -2.37. The van der Waals surface area contributed by atoms with E-state index in [0.717, 1.165) is 24.7 Å². The molecule has 1 fully saturated rings. The second-order valence-corrected chi connectivity index (χ2v) is 5.74. The Labute approximate surface area is 146 Å². The van der Waals surface area contributed by atoms with Crippen LogP contribution < -0.4 is 15.5 Å². The third-order valence-corrected chi connectivity index (χ3v) is 4.02. The Bertz CT molecular complexity index is 671. The molecule has 3 heterocycles. The molecule has 1 aliphatic rings. The van der Waals surface area contributed by atoms with E-state index in [1.807, 2.05) is 13.0 Å². The van der Waals surface area contributed by atoms with Crippen LogP contribution in [0.5, 0.6) is 0 Å². The van der Waals surface area contributed by atoms with E-state index in [4.69, 9.17) is 4.74 Å². The van der Waals surface area contributed by atoms with E-state index < -0.39 is 0 Å². The molecule has 0 aromatic carbocycles. The second kappa shape index (κ2) is 8.43. The molecule has 3 rings (SSSR count). The lowest BCUT2D eigenvalue weighted by Gasteiger charge is -2.27. The minimum Gasteiger partial charge on any atom is -0.378 e. The first-order chi connectivity index (χ1) is 12.2. The average molecular weight is 345 g/mol. The van der Waals surface area contributed by atoms with E-state index in [9.17, 15) is 4.79 Å². The smallest absolute Gasteiger partial charge is 0.244 e. The number of morpholine rings is 1. The van der Waals surface area contributed by atoms with Gasteiger partial charge in [0.2, 0.25) is 5.91 Å². The van der Waals surface area contributed by atoms with Gasteiger partial charge in [-0.15, -0.1) is 0 Å². The molecule has 1 amide bonds. The molecular weight excluding hydrogens is 322 g/mol. The molecule has 9 nitrogen and oxygen atoms in total. The maximum Gasteiger partial charge on any atom is 0.244 e. The molecule has 25 heavy (non-hydrogen) atoms. The molecule has 2 N–H and O–H groups in total. The lowest BCUT2D eigenvalue weighted by molar-refractivity contribution is -0.124. The summed E-state index contributed by atoms with van der Waals surface area (Å²) in [6.45, 7) is 5.99. The molecule has 134 valence electrons. The fourth-order valence-corrected chi connectivity index (χ4v) is 2.56. The predicted octanol–water partition coefficient (Wildman–Crippen LogP) is 0.299. The summed E-state index contributed by atoms with van der Waals surface area (Å²) in [5.41, 5.74) is 0. The first-order valence-electron chi connectivity index (χ1n) is 8.39. The second-order valence-electron chi connectivity index (χ2n) is 5.74. The molecule has 2 aromatic rings.